The molecule has 0 radical (unpaired) electrons. The molecule has 1 aliphatic heterocycles. The summed E-state index contributed by atoms with van der Waals surface area (Å²) in [5.74, 6) is 1.51. The third kappa shape index (κ3) is 1.33. The zero-order valence-corrected chi connectivity index (χ0v) is 9.44. The molecule has 1 saturated heterocycles. The van der Waals surface area contributed by atoms with Gasteiger partial charge < -0.3 is 4.74 Å². The van der Waals surface area contributed by atoms with Gasteiger partial charge in [0.2, 0.25) is 0 Å². The third-order valence-electron chi connectivity index (χ3n) is 3.94. The van der Waals surface area contributed by atoms with Gasteiger partial charge in [0, 0.05) is 0 Å². The van der Waals surface area contributed by atoms with Crippen molar-refractivity contribution in [3.63, 3.8) is 0 Å². The SMILES string of the molecule is C[C@@H]1C[C@H](C)[C@@H]2O[C@]2(c2ccccc2)C1. The van der Waals surface area contributed by atoms with Gasteiger partial charge in [0.25, 0.3) is 0 Å². The number of fused-ring (bicyclic) bond motifs is 1. The highest BCUT2D eigenvalue weighted by Gasteiger charge is 2.62. The molecule has 2 fully saturated rings. The molecule has 1 heterocycles. The van der Waals surface area contributed by atoms with E-state index in [1.165, 1.54) is 18.4 Å². The highest BCUT2D eigenvalue weighted by molar-refractivity contribution is 5.31. The highest BCUT2D eigenvalue weighted by Crippen LogP contribution is 2.58. The first kappa shape index (κ1) is 9.41. The zero-order valence-electron chi connectivity index (χ0n) is 9.44. The Morgan fingerprint density at radius 3 is 2.67 bits per heavy atom. The predicted molar refractivity (Wildman–Crippen MR) is 60.6 cm³/mol. The minimum Gasteiger partial charge on any atom is -0.361 e. The fraction of sp³-hybridized carbons (Fsp3) is 0.571. The second-order valence-corrected chi connectivity index (χ2v) is 5.32. The van der Waals surface area contributed by atoms with Gasteiger partial charge in [0.1, 0.15) is 5.60 Å². The van der Waals surface area contributed by atoms with E-state index >= 15 is 0 Å². The van der Waals surface area contributed by atoms with Crippen molar-refractivity contribution < 1.29 is 4.74 Å². The summed E-state index contributed by atoms with van der Waals surface area (Å²) < 4.78 is 6.03. The lowest BCUT2D eigenvalue weighted by Crippen LogP contribution is -2.27. The number of rotatable bonds is 1. The van der Waals surface area contributed by atoms with Crippen LogP contribution in [0.15, 0.2) is 30.3 Å². The monoisotopic (exact) mass is 202 g/mol. The fourth-order valence-corrected chi connectivity index (χ4v) is 3.36. The summed E-state index contributed by atoms with van der Waals surface area (Å²) in [6, 6.07) is 10.7. The molecule has 2 aliphatic rings. The Morgan fingerprint density at radius 2 is 1.93 bits per heavy atom. The molecule has 4 atom stereocenters. The van der Waals surface area contributed by atoms with Gasteiger partial charge in [-0.2, -0.15) is 0 Å². The predicted octanol–water partition coefficient (Wildman–Crippen LogP) is 3.35. The zero-order chi connectivity index (χ0) is 10.5. The molecule has 0 N–H and O–H groups in total. The normalized spacial score (nSPS) is 43.5. The van der Waals surface area contributed by atoms with Crippen LogP contribution in [0, 0.1) is 11.8 Å². The molecule has 1 heteroatoms. The average molecular weight is 202 g/mol. The second-order valence-electron chi connectivity index (χ2n) is 5.32. The van der Waals surface area contributed by atoms with E-state index in [1.807, 2.05) is 0 Å². The molecule has 1 aromatic rings. The van der Waals surface area contributed by atoms with Crippen LogP contribution in [0.3, 0.4) is 0 Å². The van der Waals surface area contributed by atoms with Gasteiger partial charge in [0.05, 0.1) is 6.10 Å². The van der Waals surface area contributed by atoms with Crippen LogP contribution in [-0.2, 0) is 10.3 Å². The summed E-state index contributed by atoms with van der Waals surface area (Å²) in [4.78, 5) is 0. The molecular formula is C14H18O. The van der Waals surface area contributed by atoms with Crippen LogP contribution in [0.2, 0.25) is 0 Å². The molecule has 0 spiro atoms. The molecular weight excluding hydrogens is 184 g/mol. The smallest absolute Gasteiger partial charge is 0.120 e. The minimum absolute atomic E-state index is 0.0817. The van der Waals surface area contributed by atoms with E-state index in [4.69, 9.17) is 4.74 Å². The third-order valence-corrected chi connectivity index (χ3v) is 3.94. The van der Waals surface area contributed by atoms with Crippen molar-refractivity contribution in [2.75, 3.05) is 0 Å². The Labute approximate surface area is 91.5 Å². The Kier molecular flexibility index (Phi) is 1.93. The van der Waals surface area contributed by atoms with Crippen molar-refractivity contribution in [2.45, 2.75) is 38.4 Å². The number of benzene rings is 1. The molecule has 1 nitrogen and oxygen atoms in total. The summed E-state index contributed by atoms with van der Waals surface area (Å²) in [6.07, 6.45) is 3.00. The van der Waals surface area contributed by atoms with Crippen LogP contribution in [0.4, 0.5) is 0 Å². The Hall–Kier alpha value is -0.820. The van der Waals surface area contributed by atoms with Gasteiger partial charge in [-0.25, -0.2) is 0 Å². The van der Waals surface area contributed by atoms with E-state index in [9.17, 15) is 0 Å². The first-order valence-electron chi connectivity index (χ1n) is 5.96. The summed E-state index contributed by atoms with van der Waals surface area (Å²) in [7, 11) is 0. The average Bonchev–Trinajstić information content (AvgIpc) is 2.95. The van der Waals surface area contributed by atoms with Gasteiger partial charge in [-0.05, 0) is 30.2 Å². The molecule has 3 rings (SSSR count). The summed E-state index contributed by atoms with van der Waals surface area (Å²) >= 11 is 0. The maximum absolute atomic E-state index is 6.03. The van der Waals surface area contributed by atoms with Crippen molar-refractivity contribution >= 4 is 0 Å². The van der Waals surface area contributed by atoms with Crippen LogP contribution in [0.1, 0.15) is 32.3 Å². The number of hydrogen-bond donors (Lipinski definition) is 0. The van der Waals surface area contributed by atoms with Gasteiger partial charge in [-0.3, -0.25) is 0 Å². The van der Waals surface area contributed by atoms with E-state index in [2.05, 4.69) is 44.2 Å². The van der Waals surface area contributed by atoms with Crippen LogP contribution in [-0.4, -0.2) is 6.10 Å². The molecule has 0 bridgehead atoms. The maximum Gasteiger partial charge on any atom is 0.120 e. The van der Waals surface area contributed by atoms with Gasteiger partial charge in [-0.1, -0.05) is 44.2 Å². The summed E-state index contributed by atoms with van der Waals surface area (Å²) in [5.41, 5.74) is 1.46. The quantitative estimate of drug-likeness (QED) is 0.636. The van der Waals surface area contributed by atoms with E-state index in [1.54, 1.807) is 0 Å². The number of hydrogen-bond acceptors (Lipinski definition) is 1. The maximum atomic E-state index is 6.03. The van der Waals surface area contributed by atoms with Crippen molar-refractivity contribution in [3.05, 3.63) is 35.9 Å². The lowest BCUT2D eigenvalue weighted by atomic mass is 9.74. The number of epoxide rings is 1. The number of ether oxygens (including phenoxy) is 1. The molecule has 15 heavy (non-hydrogen) atoms. The first-order valence-corrected chi connectivity index (χ1v) is 5.96. The lowest BCUT2D eigenvalue weighted by molar-refractivity contribution is 0.262. The molecule has 0 amide bonds. The molecule has 1 saturated carbocycles. The molecule has 0 unspecified atom stereocenters. The van der Waals surface area contributed by atoms with Crippen LogP contribution >= 0.6 is 0 Å². The lowest BCUT2D eigenvalue weighted by Gasteiger charge is -2.27. The summed E-state index contributed by atoms with van der Waals surface area (Å²) in [5, 5.41) is 0. The van der Waals surface area contributed by atoms with Gasteiger partial charge in [0.15, 0.2) is 0 Å². The Morgan fingerprint density at radius 1 is 1.20 bits per heavy atom. The standard InChI is InChI=1S/C14H18O/c1-10-8-11(2)13-14(9-10,15-13)12-6-4-3-5-7-12/h3-7,10-11,13H,8-9H2,1-2H3/t10-,11+,13+,14+/m1/s1. The molecule has 1 aromatic carbocycles. The minimum atomic E-state index is 0.0817. The largest absolute Gasteiger partial charge is 0.361 e. The van der Waals surface area contributed by atoms with Crippen LogP contribution in [0.25, 0.3) is 0 Å². The molecule has 80 valence electrons. The fourth-order valence-electron chi connectivity index (χ4n) is 3.36. The van der Waals surface area contributed by atoms with Crippen molar-refractivity contribution in [3.8, 4) is 0 Å². The second kappa shape index (κ2) is 3.08. The highest BCUT2D eigenvalue weighted by atomic mass is 16.6. The topological polar surface area (TPSA) is 12.5 Å². The van der Waals surface area contributed by atoms with E-state index in [-0.39, 0.29) is 5.60 Å². The van der Waals surface area contributed by atoms with Crippen molar-refractivity contribution in [2.24, 2.45) is 11.8 Å². The molecule has 1 aliphatic carbocycles. The van der Waals surface area contributed by atoms with Gasteiger partial charge in [-0.15, -0.1) is 0 Å². The van der Waals surface area contributed by atoms with Crippen LogP contribution < -0.4 is 0 Å². The summed E-state index contributed by atoms with van der Waals surface area (Å²) in [6.45, 7) is 4.67. The van der Waals surface area contributed by atoms with Crippen molar-refractivity contribution in [1.82, 2.24) is 0 Å². The Bertz CT molecular complexity index is 359. The van der Waals surface area contributed by atoms with E-state index < -0.39 is 0 Å². The Balaban J connectivity index is 1.94. The van der Waals surface area contributed by atoms with Crippen LogP contribution in [0.5, 0.6) is 0 Å². The van der Waals surface area contributed by atoms with E-state index in [0.29, 0.717) is 12.0 Å². The van der Waals surface area contributed by atoms with Gasteiger partial charge >= 0.3 is 0 Å². The molecule has 0 aromatic heterocycles. The van der Waals surface area contributed by atoms with Crippen molar-refractivity contribution in [1.29, 1.82) is 0 Å². The van der Waals surface area contributed by atoms with E-state index in [0.717, 1.165) is 5.92 Å². The first-order chi connectivity index (χ1) is 7.22.